The van der Waals surface area contributed by atoms with Crippen molar-refractivity contribution in [2.75, 3.05) is 6.54 Å². The van der Waals surface area contributed by atoms with Crippen LogP contribution in [-0.2, 0) is 4.79 Å². The highest BCUT2D eigenvalue weighted by atomic mass is 79.9. The molecule has 0 saturated carbocycles. The van der Waals surface area contributed by atoms with Gasteiger partial charge in [0.15, 0.2) is 0 Å². The number of halogens is 2. The molecule has 0 aliphatic rings. The van der Waals surface area contributed by atoms with Gasteiger partial charge in [-0.25, -0.2) is 0 Å². The first-order chi connectivity index (χ1) is 8.24. The first-order valence-corrected chi connectivity index (χ1v) is 7.31. The van der Waals surface area contributed by atoms with Crippen LogP contribution in [0.15, 0.2) is 27.1 Å². The number of carbonyl (C=O) groups excluding carboxylic acids is 1. The SMILES string of the molecule is C[C@@H](NCC(C)(C)C(N)=O)c1ccc(Br)cc1Br. The summed E-state index contributed by atoms with van der Waals surface area (Å²) in [5.41, 5.74) is 5.96. The molecule has 1 atom stereocenters. The fourth-order valence-corrected chi connectivity index (χ4v) is 2.85. The number of hydrogen-bond acceptors (Lipinski definition) is 2. The van der Waals surface area contributed by atoms with Crippen LogP contribution in [0.5, 0.6) is 0 Å². The van der Waals surface area contributed by atoms with Gasteiger partial charge in [-0.15, -0.1) is 0 Å². The Kier molecular flexibility index (Phi) is 5.37. The highest BCUT2D eigenvalue weighted by Crippen LogP contribution is 2.27. The van der Waals surface area contributed by atoms with E-state index in [9.17, 15) is 4.79 Å². The molecule has 0 aliphatic heterocycles. The molecule has 100 valence electrons. The third-order valence-corrected chi connectivity index (χ3v) is 4.13. The summed E-state index contributed by atoms with van der Waals surface area (Å²) in [5, 5.41) is 3.33. The minimum absolute atomic E-state index is 0.145. The van der Waals surface area contributed by atoms with Gasteiger partial charge in [0.1, 0.15) is 0 Å². The molecule has 18 heavy (non-hydrogen) atoms. The molecule has 0 heterocycles. The average Bonchev–Trinajstić information content (AvgIpc) is 2.25. The number of benzene rings is 1. The zero-order valence-electron chi connectivity index (χ0n) is 10.8. The second-order valence-corrected chi connectivity index (χ2v) is 6.79. The Bertz CT molecular complexity index is 447. The van der Waals surface area contributed by atoms with E-state index in [1.807, 2.05) is 32.0 Å². The molecule has 5 heteroatoms. The molecule has 0 bridgehead atoms. The van der Waals surface area contributed by atoms with Crippen LogP contribution >= 0.6 is 31.9 Å². The van der Waals surface area contributed by atoms with Crippen LogP contribution in [-0.4, -0.2) is 12.5 Å². The van der Waals surface area contributed by atoms with Gasteiger partial charge in [-0.05, 0) is 38.5 Å². The van der Waals surface area contributed by atoms with Crippen molar-refractivity contribution in [3.63, 3.8) is 0 Å². The minimum Gasteiger partial charge on any atom is -0.369 e. The molecule has 3 N–H and O–H groups in total. The Morgan fingerprint density at radius 3 is 2.56 bits per heavy atom. The number of nitrogens with one attached hydrogen (secondary N) is 1. The van der Waals surface area contributed by atoms with E-state index in [1.165, 1.54) is 0 Å². The van der Waals surface area contributed by atoms with Gasteiger partial charge < -0.3 is 11.1 Å². The first-order valence-electron chi connectivity index (χ1n) is 5.72. The van der Waals surface area contributed by atoms with Gasteiger partial charge in [0, 0.05) is 21.5 Å². The van der Waals surface area contributed by atoms with Crippen molar-refractivity contribution < 1.29 is 4.79 Å². The summed E-state index contributed by atoms with van der Waals surface area (Å²) < 4.78 is 2.07. The molecule has 1 aromatic carbocycles. The van der Waals surface area contributed by atoms with Crippen LogP contribution in [0.3, 0.4) is 0 Å². The highest BCUT2D eigenvalue weighted by Gasteiger charge is 2.25. The van der Waals surface area contributed by atoms with E-state index in [0.717, 1.165) is 14.5 Å². The molecule has 1 rings (SSSR count). The Morgan fingerprint density at radius 1 is 1.44 bits per heavy atom. The van der Waals surface area contributed by atoms with E-state index in [-0.39, 0.29) is 11.9 Å². The lowest BCUT2D eigenvalue weighted by atomic mass is 9.92. The average molecular weight is 378 g/mol. The molecular formula is C13H18Br2N2O. The maximum atomic E-state index is 11.2. The summed E-state index contributed by atoms with van der Waals surface area (Å²) in [5.74, 6) is -0.294. The second kappa shape index (κ2) is 6.17. The van der Waals surface area contributed by atoms with Gasteiger partial charge in [-0.1, -0.05) is 37.9 Å². The first kappa shape index (κ1) is 15.7. The summed E-state index contributed by atoms with van der Waals surface area (Å²) in [4.78, 5) is 11.2. The van der Waals surface area contributed by atoms with E-state index in [4.69, 9.17) is 5.73 Å². The quantitative estimate of drug-likeness (QED) is 0.826. The van der Waals surface area contributed by atoms with Crippen molar-refractivity contribution in [3.05, 3.63) is 32.7 Å². The number of nitrogens with two attached hydrogens (primary N) is 1. The van der Waals surface area contributed by atoms with Crippen molar-refractivity contribution >= 4 is 37.8 Å². The number of amides is 1. The van der Waals surface area contributed by atoms with Crippen molar-refractivity contribution in [2.24, 2.45) is 11.1 Å². The molecule has 0 aliphatic carbocycles. The topological polar surface area (TPSA) is 55.1 Å². The van der Waals surface area contributed by atoms with E-state index in [2.05, 4.69) is 44.1 Å². The lowest BCUT2D eigenvalue weighted by Gasteiger charge is -2.24. The normalized spacial score (nSPS) is 13.4. The summed E-state index contributed by atoms with van der Waals surface area (Å²) in [7, 11) is 0. The van der Waals surface area contributed by atoms with Crippen LogP contribution in [0, 0.1) is 5.41 Å². The molecule has 3 nitrogen and oxygen atoms in total. The third-order valence-electron chi connectivity index (χ3n) is 2.95. The van der Waals surface area contributed by atoms with Gasteiger partial charge in [0.05, 0.1) is 5.41 Å². The molecule has 0 fully saturated rings. The van der Waals surface area contributed by atoms with Gasteiger partial charge in [-0.2, -0.15) is 0 Å². The Morgan fingerprint density at radius 2 is 2.06 bits per heavy atom. The predicted octanol–water partition coefficient (Wildman–Crippen LogP) is 3.37. The summed E-state index contributed by atoms with van der Waals surface area (Å²) in [6, 6.07) is 6.19. The second-order valence-electron chi connectivity index (χ2n) is 5.02. The fourth-order valence-electron chi connectivity index (χ4n) is 1.46. The summed E-state index contributed by atoms with van der Waals surface area (Å²) >= 11 is 6.96. The van der Waals surface area contributed by atoms with Crippen molar-refractivity contribution in [1.82, 2.24) is 5.32 Å². The molecule has 0 spiro atoms. The molecule has 0 unspecified atom stereocenters. The largest absolute Gasteiger partial charge is 0.369 e. The lowest BCUT2D eigenvalue weighted by molar-refractivity contribution is -0.125. The van der Waals surface area contributed by atoms with E-state index >= 15 is 0 Å². The van der Waals surface area contributed by atoms with E-state index in [1.54, 1.807) is 0 Å². The van der Waals surface area contributed by atoms with E-state index in [0.29, 0.717) is 6.54 Å². The zero-order chi connectivity index (χ0) is 13.9. The number of hydrogen-bond donors (Lipinski definition) is 2. The minimum atomic E-state index is -0.546. The van der Waals surface area contributed by atoms with Gasteiger partial charge in [0.25, 0.3) is 0 Å². The van der Waals surface area contributed by atoms with Gasteiger partial charge in [0.2, 0.25) is 5.91 Å². The van der Waals surface area contributed by atoms with Crippen LogP contribution < -0.4 is 11.1 Å². The molecule has 0 saturated heterocycles. The standard InChI is InChI=1S/C13H18Br2N2O/c1-8(17-7-13(2,3)12(16)18)10-5-4-9(14)6-11(10)15/h4-6,8,17H,7H2,1-3H3,(H2,16,18)/t8-/m1/s1. The predicted molar refractivity (Wildman–Crippen MR) is 81.2 cm³/mol. The van der Waals surface area contributed by atoms with Gasteiger partial charge >= 0.3 is 0 Å². The van der Waals surface area contributed by atoms with Crippen LogP contribution in [0.4, 0.5) is 0 Å². The highest BCUT2D eigenvalue weighted by molar-refractivity contribution is 9.11. The molecule has 1 aromatic rings. The van der Waals surface area contributed by atoms with Crippen molar-refractivity contribution in [1.29, 1.82) is 0 Å². The summed E-state index contributed by atoms with van der Waals surface area (Å²) in [6.07, 6.45) is 0. The Balaban J connectivity index is 2.71. The molecule has 0 aromatic heterocycles. The zero-order valence-corrected chi connectivity index (χ0v) is 13.9. The number of primary amides is 1. The van der Waals surface area contributed by atoms with Crippen molar-refractivity contribution in [2.45, 2.75) is 26.8 Å². The maximum Gasteiger partial charge on any atom is 0.224 e. The lowest BCUT2D eigenvalue weighted by Crippen LogP contribution is -2.41. The number of carbonyl (C=O) groups is 1. The van der Waals surface area contributed by atoms with Crippen LogP contribution in [0.25, 0.3) is 0 Å². The van der Waals surface area contributed by atoms with Crippen LogP contribution in [0.1, 0.15) is 32.4 Å². The molecule has 1 amide bonds. The fraction of sp³-hybridized carbons (Fsp3) is 0.462. The van der Waals surface area contributed by atoms with E-state index < -0.39 is 5.41 Å². The molecule has 0 radical (unpaired) electrons. The molecular weight excluding hydrogens is 360 g/mol. The summed E-state index contributed by atoms with van der Waals surface area (Å²) in [6.45, 7) is 6.29. The monoisotopic (exact) mass is 376 g/mol. The van der Waals surface area contributed by atoms with Gasteiger partial charge in [-0.3, -0.25) is 4.79 Å². The third kappa shape index (κ3) is 4.07. The maximum absolute atomic E-state index is 11.2. The smallest absolute Gasteiger partial charge is 0.224 e. The Labute approximate surface area is 125 Å². The van der Waals surface area contributed by atoms with Crippen molar-refractivity contribution in [3.8, 4) is 0 Å². The van der Waals surface area contributed by atoms with Crippen LogP contribution in [0.2, 0.25) is 0 Å². The Hall–Kier alpha value is -0.390. The number of rotatable bonds is 5.